The monoisotopic (exact) mass is 256 g/mol. The van der Waals surface area contributed by atoms with E-state index in [2.05, 4.69) is 0 Å². The van der Waals surface area contributed by atoms with E-state index in [1.165, 1.54) is 18.2 Å². The Hall–Kier alpha value is -1.98. The summed E-state index contributed by atoms with van der Waals surface area (Å²) in [6.45, 7) is 0.783. The number of fused-ring (bicyclic) bond motifs is 1. The summed E-state index contributed by atoms with van der Waals surface area (Å²) in [5.41, 5.74) is 0.160. The summed E-state index contributed by atoms with van der Waals surface area (Å²) in [6.07, 6.45) is -3.93. The van der Waals surface area contributed by atoms with Crippen LogP contribution in [0.1, 0.15) is 16.8 Å². The largest absolute Gasteiger partial charge is 0.486 e. The van der Waals surface area contributed by atoms with Gasteiger partial charge in [0.1, 0.15) is 13.2 Å². The summed E-state index contributed by atoms with van der Waals surface area (Å²) in [5.74, 6) is -1.15. The van der Waals surface area contributed by atoms with E-state index in [4.69, 9.17) is 9.47 Å². The molecule has 0 unspecified atom stereocenters. The molecule has 0 fully saturated rings. The second-order valence-corrected chi connectivity index (χ2v) is 3.73. The Morgan fingerprint density at radius 2 is 1.83 bits per heavy atom. The highest BCUT2D eigenvalue weighted by Gasteiger charge is 2.21. The lowest BCUT2D eigenvalue weighted by Gasteiger charge is -2.18. The fraction of sp³-hybridized carbons (Fsp3) is 0.333. The molecule has 0 bridgehead atoms. The summed E-state index contributed by atoms with van der Waals surface area (Å²) in [7, 11) is 0. The molecule has 0 spiro atoms. The SMILES string of the molecule is O=C(CC(=O)C(F)F)c1ccc2c(c1)OCCO2. The lowest BCUT2D eigenvalue weighted by molar-refractivity contribution is -0.128. The molecule has 1 aromatic carbocycles. The van der Waals surface area contributed by atoms with Gasteiger partial charge >= 0.3 is 0 Å². The first-order chi connectivity index (χ1) is 8.58. The van der Waals surface area contributed by atoms with Crippen LogP contribution in [0.15, 0.2) is 18.2 Å². The zero-order chi connectivity index (χ0) is 13.1. The maximum atomic E-state index is 12.0. The topological polar surface area (TPSA) is 52.6 Å². The summed E-state index contributed by atoms with van der Waals surface area (Å²) in [5, 5.41) is 0. The van der Waals surface area contributed by atoms with Crippen molar-refractivity contribution >= 4 is 11.6 Å². The molecule has 2 rings (SSSR count). The van der Waals surface area contributed by atoms with Crippen molar-refractivity contribution in [2.45, 2.75) is 12.8 Å². The second kappa shape index (κ2) is 5.12. The summed E-state index contributed by atoms with van der Waals surface area (Å²) >= 11 is 0. The minimum atomic E-state index is -3.12. The van der Waals surface area contributed by atoms with Crippen molar-refractivity contribution in [2.24, 2.45) is 0 Å². The number of ether oxygens (including phenoxy) is 2. The van der Waals surface area contributed by atoms with Crippen LogP contribution in [-0.4, -0.2) is 31.2 Å². The van der Waals surface area contributed by atoms with Crippen molar-refractivity contribution in [3.8, 4) is 11.5 Å². The molecule has 1 aromatic rings. The quantitative estimate of drug-likeness (QED) is 0.609. The Bertz CT molecular complexity index is 485. The smallest absolute Gasteiger partial charge is 0.296 e. The predicted molar refractivity (Wildman–Crippen MR) is 57.4 cm³/mol. The Labute approximate surface area is 101 Å². The fourth-order valence-corrected chi connectivity index (χ4v) is 1.55. The first kappa shape index (κ1) is 12.5. The fourth-order valence-electron chi connectivity index (χ4n) is 1.55. The van der Waals surface area contributed by atoms with Gasteiger partial charge in [-0.3, -0.25) is 9.59 Å². The third-order valence-corrected chi connectivity index (χ3v) is 2.44. The first-order valence-corrected chi connectivity index (χ1v) is 5.31. The number of carbonyl (C=O) groups is 2. The third-order valence-electron chi connectivity index (χ3n) is 2.44. The van der Waals surface area contributed by atoms with Crippen molar-refractivity contribution in [1.29, 1.82) is 0 Å². The zero-order valence-corrected chi connectivity index (χ0v) is 9.32. The minimum Gasteiger partial charge on any atom is -0.486 e. The van der Waals surface area contributed by atoms with Crippen LogP contribution >= 0.6 is 0 Å². The molecule has 0 aromatic heterocycles. The van der Waals surface area contributed by atoms with Crippen LogP contribution in [0.3, 0.4) is 0 Å². The highest BCUT2D eigenvalue weighted by atomic mass is 19.3. The summed E-state index contributed by atoms with van der Waals surface area (Å²) in [6, 6.07) is 4.35. The van der Waals surface area contributed by atoms with Gasteiger partial charge in [0, 0.05) is 5.56 Å². The van der Waals surface area contributed by atoms with Gasteiger partial charge in [0.15, 0.2) is 17.3 Å². The van der Waals surface area contributed by atoms with Crippen LogP contribution in [0.4, 0.5) is 8.78 Å². The molecule has 0 saturated heterocycles. The molecule has 1 aliphatic heterocycles. The van der Waals surface area contributed by atoms with E-state index in [1.807, 2.05) is 0 Å². The molecule has 0 saturated carbocycles. The van der Waals surface area contributed by atoms with Gasteiger partial charge in [0.25, 0.3) is 6.43 Å². The van der Waals surface area contributed by atoms with Gasteiger partial charge in [-0.05, 0) is 18.2 Å². The van der Waals surface area contributed by atoms with Crippen LogP contribution in [0, 0.1) is 0 Å². The number of hydrogen-bond donors (Lipinski definition) is 0. The molecule has 0 amide bonds. The Kier molecular flexibility index (Phi) is 3.55. The maximum Gasteiger partial charge on any atom is 0.296 e. The van der Waals surface area contributed by atoms with Gasteiger partial charge in [-0.15, -0.1) is 0 Å². The van der Waals surface area contributed by atoms with E-state index in [-0.39, 0.29) is 5.56 Å². The Morgan fingerprint density at radius 3 is 2.50 bits per heavy atom. The molecule has 1 aliphatic rings. The molecule has 18 heavy (non-hydrogen) atoms. The molecule has 6 heteroatoms. The Morgan fingerprint density at radius 1 is 1.17 bits per heavy atom. The summed E-state index contributed by atoms with van der Waals surface area (Å²) < 4.78 is 34.6. The van der Waals surface area contributed by atoms with Crippen LogP contribution in [0.25, 0.3) is 0 Å². The van der Waals surface area contributed by atoms with Gasteiger partial charge in [-0.25, -0.2) is 8.78 Å². The second-order valence-electron chi connectivity index (χ2n) is 3.73. The molecule has 0 atom stereocenters. The third kappa shape index (κ3) is 2.64. The Balaban J connectivity index is 2.13. The highest BCUT2D eigenvalue weighted by Crippen LogP contribution is 2.31. The van der Waals surface area contributed by atoms with E-state index in [0.29, 0.717) is 24.7 Å². The van der Waals surface area contributed by atoms with E-state index in [0.717, 1.165) is 0 Å². The van der Waals surface area contributed by atoms with Gasteiger partial charge in [-0.2, -0.15) is 0 Å². The van der Waals surface area contributed by atoms with E-state index in [9.17, 15) is 18.4 Å². The lowest BCUT2D eigenvalue weighted by atomic mass is 10.1. The number of halogens is 2. The molecular formula is C12H10F2O4. The van der Waals surface area contributed by atoms with Crippen LogP contribution in [-0.2, 0) is 4.79 Å². The standard InChI is InChI=1S/C12H10F2O4/c13-12(14)9(16)6-8(15)7-1-2-10-11(5-7)18-4-3-17-10/h1-2,5,12H,3-4,6H2. The van der Waals surface area contributed by atoms with Gasteiger partial charge in [-0.1, -0.05) is 0 Å². The zero-order valence-electron chi connectivity index (χ0n) is 9.32. The number of rotatable bonds is 4. The average Bonchev–Trinajstić information content (AvgIpc) is 2.37. The number of ketones is 2. The van der Waals surface area contributed by atoms with Gasteiger partial charge in [0.2, 0.25) is 5.78 Å². The predicted octanol–water partition coefficient (Wildman–Crippen LogP) is 1.86. The van der Waals surface area contributed by atoms with E-state index >= 15 is 0 Å². The van der Waals surface area contributed by atoms with E-state index in [1.54, 1.807) is 0 Å². The molecule has 0 radical (unpaired) electrons. The average molecular weight is 256 g/mol. The molecular weight excluding hydrogens is 246 g/mol. The number of carbonyl (C=O) groups excluding carboxylic acids is 2. The van der Waals surface area contributed by atoms with Crippen molar-refractivity contribution in [2.75, 3.05) is 13.2 Å². The van der Waals surface area contributed by atoms with Crippen molar-refractivity contribution < 1.29 is 27.8 Å². The lowest BCUT2D eigenvalue weighted by Crippen LogP contribution is -2.17. The van der Waals surface area contributed by atoms with E-state index < -0.39 is 24.4 Å². The molecule has 1 heterocycles. The minimum absolute atomic E-state index is 0.160. The first-order valence-electron chi connectivity index (χ1n) is 5.31. The molecule has 0 N–H and O–H groups in total. The van der Waals surface area contributed by atoms with Crippen molar-refractivity contribution in [1.82, 2.24) is 0 Å². The summed E-state index contributed by atoms with van der Waals surface area (Å²) in [4.78, 5) is 22.4. The van der Waals surface area contributed by atoms with Crippen molar-refractivity contribution in [3.63, 3.8) is 0 Å². The van der Waals surface area contributed by atoms with Gasteiger partial charge < -0.3 is 9.47 Å². The van der Waals surface area contributed by atoms with Crippen LogP contribution in [0.2, 0.25) is 0 Å². The number of hydrogen-bond acceptors (Lipinski definition) is 4. The molecule has 96 valence electrons. The maximum absolute atomic E-state index is 12.0. The number of Topliss-reactive ketones (excluding diaryl/α,β-unsaturated/α-hetero) is 2. The number of alkyl halides is 2. The normalized spacial score (nSPS) is 13.5. The van der Waals surface area contributed by atoms with Crippen LogP contribution < -0.4 is 9.47 Å². The molecule has 0 aliphatic carbocycles. The van der Waals surface area contributed by atoms with Crippen LogP contribution in [0.5, 0.6) is 11.5 Å². The van der Waals surface area contributed by atoms with Crippen molar-refractivity contribution in [3.05, 3.63) is 23.8 Å². The molecule has 4 nitrogen and oxygen atoms in total. The number of benzene rings is 1. The highest BCUT2D eigenvalue weighted by molar-refractivity contribution is 6.09. The van der Waals surface area contributed by atoms with Gasteiger partial charge in [0.05, 0.1) is 6.42 Å².